The molecule has 1 aromatic carbocycles. The number of nitrogens with zero attached hydrogens (tertiary/aromatic N) is 3. The average molecular weight is 400 g/mol. The van der Waals surface area contributed by atoms with E-state index in [2.05, 4.69) is 10.3 Å². The van der Waals surface area contributed by atoms with Gasteiger partial charge in [0, 0.05) is 18.4 Å². The van der Waals surface area contributed by atoms with Crippen molar-refractivity contribution in [2.45, 2.75) is 45.0 Å². The van der Waals surface area contributed by atoms with Gasteiger partial charge in [-0.2, -0.15) is 5.10 Å². The molecule has 2 aliphatic rings. The van der Waals surface area contributed by atoms with Crippen molar-refractivity contribution in [3.8, 4) is 11.3 Å². The van der Waals surface area contributed by atoms with Crippen molar-refractivity contribution >= 4 is 32.6 Å². The van der Waals surface area contributed by atoms with Gasteiger partial charge in [-0.15, -0.1) is 0 Å². The number of thiazole rings is 1. The van der Waals surface area contributed by atoms with Crippen molar-refractivity contribution in [2.24, 2.45) is 5.92 Å². The van der Waals surface area contributed by atoms with E-state index in [1.807, 2.05) is 36.0 Å². The van der Waals surface area contributed by atoms with E-state index in [0.717, 1.165) is 52.9 Å². The summed E-state index contributed by atoms with van der Waals surface area (Å²) in [6, 6.07) is 5.97. The number of halogens is 1. The molecule has 3 aromatic rings. The highest BCUT2D eigenvalue weighted by molar-refractivity contribution is 7.22. The first kappa shape index (κ1) is 17.8. The van der Waals surface area contributed by atoms with E-state index in [0.29, 0.717) is 11.6 Å². The van der Waals surface area contributed by atoms with E-state index < -0.39 is 12.1 Å². The number of alkyl halides is 1. The zero-order chi connectivity index (χ0) is 19.3. The molecular weight excluding hydrogens is 379 g/mol. The van der Waals surface area contributed by atoms with Crippen molar-refractivity contribution < 1.29 is 13.9 Å². The summed E-state index contributed by atoms with van der Waals surface area (Å²) in [5, 5.41) is 8.01. The van der Waals surface area contributed by atoms with Gasteiger partial charge in [-0.3, -0.25) is 4.79 Å². The Kier molecular flexibility index (Phi) is 4.40. The lowest BCUT2D eigenvalue weighted by atomic mass is 10.1. The Balaban J connectivity index is 1.40. The van der Waals surface area contributed by atoms with Gasteiger partial charge in [0.1, 0.15) is 12.4 Å². The van der Waals surface area contributed by atoms with Gasteiger partial charge in [0.2, 0.25) is 5.91 Å². The SMILES string of the molecule is Cc1cn(C2CCCCO2)nc1-c1ccc2nc(NC(=O)[C@@H]3C[C@@H]3F)sc2c1. The average Bonchev–Trinajstić information content (AvgIpc) is 3.11. The van der Waals surface area contributed by atoms with E-state index >= 15 is 0 Å². The number of anilines is 1. The molecule has 2 fully saturated rings. The number of aromatic nitrogens is 3. The minimum absolute atomic E-state index is 0.0110. The molecule has 1 saturated carbocycles. The first-order valence-electron chi connectivity index (χ1n) is 9.62. The Morgan fingerprint density at radius 2 is 2.25 bits per heavy atom. The number of hydrogen-bond acceptors (Lipinski definition) is 5. The zero-order valence-electron chi connectivity index (χ0n) is 15.5. The summed E-state index contributed by atoms with van der Waals surface area (Å²) in [4.78, 5) is 16.4. The first-order valence-corrected chi connectivity index (χ1v) is 10.4. The van der Waals surface area contributed by atoms with Crippen molar-refractivity contribution in [1.29, 1.82) is 0 Å². The number of ether oxygens (including phenoxy) is 1. The van der Waals surface area contributed by atoms with Gasteiger partial charge in [-0.1, -0.05) is 17.4 Å². The van der Waals surface area contributed by atoms with Crippen molar-refractivity contribution in [2.75, 3.05) is 11.9 Å². The summed E-state index contributed by atoms with van der Waals surface area (Å²) in [6.07, 6.45) is 4.61. The number of rotatable bonds is 4. The van der Waals surface area contributed by atoms with E-state index in [1.165, 1.54) is 11.3 Å². The first-order chi connectivity index (χ1) is 13.6. The van der Waals surface area contributed by atoms with Crippen LogP contribution in [-0.2, 0) is 9.53 Å². The molecule has 0 bridgehead atoms. The number of carbonyl (C=O) groups excluding carboxylic acids is 1. The molecule has 6 nitrogen and oxygen atoms in total. The van der Waals surface area contributed by atoms with Gasteiger partial charge < -0.3 is 10.1 Å². The largest absolute Gasteiger partial charge is 0.357 e. The zero-order valence-corrected chi connectivity index (χ0v) is 16.3. The van der Waals surface area contributed by atoms with E-state index in [9.17, 15) is 9.18 Å². The van der Waals surface area contributed by atoms with Crippen LogP contribution in [0.25, 0.3) is 21.5 Å². The molecule has 0 spiro atoms. The maximum absolute atomic E-state index is 13.1. The maximum atomic E-state index is 13.1. The summed E-state index contributed by atoms with van der Waals surface area (Å²) in [6.45, 7) is 2.83. The fourth-order valence-electron chi connectivity index (χ4n) is 3.61. The fourth-order valence-corrected chi connectivity index (χ4v) is 4.51. The van der Waals surface area contributed by atoms with Crippen molar-refractivity contribution in [3.05, 3.63) is 30.0 Å². The molecule has 1 aliphatic heterocycles. The van der Waals surface area contributed by atoms with Gasteiger partial charge in [0.05, 0.1) is 21.8 Å². The van der Waals surface area contributed by atoms with Crippen LogP contribution in [0.1, 0.15) is 37.5 Å². The number of hydrogen-bond donors (Lipinski definition) is 1. The Bertz CT molecular complexity index is 1040. The molecule has 3 heterocycles. The lowest BCUT2D eigenvalue weighted by molar-refractivity contribution is -0.117. The van der Waals surface area contributed by atoms with Crippen LogP contribution in [0, 0.1) is 12.8 Å². The highest BCUT2D eigenvalue weighted by Crippen LogP contribution is 2.36. The lowest BCUT2D eigenvalue weighted by Crippen LogP contribution is -2.18. The summed E-state index contributed by atoms with van der Waals surface area (Å²) in [7, 11) is 0. The molecule has 28 heavy (non-hydrogen) atoms. The third-order valence-electron chi connectivity index (χ3n) is 5.31. The summed E-state index contributed by atoms with van der Waals surface area (Å²) in [5.41, 5.74) is 3.83. The van der Waals surface area contributed by atoms with Crippen LogP contribution >= 0.6 is 11.3 Å². The van der Waals surface area contributed by atoms with Gasteiger partial charge in [0.15, 0.2) is 5.13 Å². The quantitative estimate of drug-likeness (QED) is 0.702. The maximum Gasteiger partial charge on any atom is 0.232 e. The number of benzene rings is 1. The topological polar surface area (TPSA) is 69.0 Å². The molecule has 5 rings (SSSR count). The Morgan fingerprint density at radius 3 is 3.00 bits per heavy atom. The van der Waals surface area contributed by atoms with Crippen LogP contribution in [-0.4, -0.2) is 33.5 Å². The molecule has 1 N–H and O–H groups in total. The van der Waals surface area contributed by atoms with Gasteiger partial charge in [-0.05, 0) is 50.3 Å². The Labute approximate surface area is 165 Å². The molecule has 1 unspecified atom stereocenters. The van der Waals surface area contributed by atoms with Crippen LogP contribution in [0.15, 0.2) is 24.4 Å². The Morgan fingerprint density at radius 1 is 1.39 bits per heavy atom. The number of nitrogens with one attached hydrogen (secondary N) is 1. The molecule has 1 aliphatic carbocycles. The molecule has 3 atom stereocenters. The van der Waals surface area contributed by atoms with Crippen LogP contribution in [0.5, 0.6) is 0 Å². The molecule has 0 radical (unpaired) electrons. The van der Waals surface area contributed by atoms with E-state index in [4.69, 9.17) is 9.84 Å². The van der Waals surface area contributed by atoms with Crippen LogP contribution in [0.2, 0.25) is 0 Å². The number of fused-ring (bicyclic) bond motifs is 1. The molecule has 8 heteroatoms. The second kappa shape index (κ2) is 6.93. The summed E-state index contributed by atoms with van der Waals surface area (Å²) < 4.78 is 21.8. The number of aryl methyl sites for hydroxylation is 1. The smallest absolute Gasteiger partial charge is 0.232 e. The third kappa shape index (κ3) is 3.31. The minimum atomic E-state index is -1.01. The second-order valence-electron chi connectivity index (χ2n) is 7.51. The molecule has 1 saturated heterocycles. The van der Waals surface area contributed by atoms with Gasteiger partial charge in [0.25, 0.3) is 0 Å². The molecule has 2 aromatic heterocycles. The van der Waals surface area contributed by atoms with Crippen molar-refractivity contribution in [1.82, 2.24) is 14.8 Å². The van der Waals surface area contributed by atoms with Gasteiger partial charge >= 0.3 is 0 Å². The minimum Gasteiger partial charge on any atom is -0.357 e. The van der Waals surface area contributed by atoms with Gasteiger partial charge in [-0.25, -0.2) is 14.1 Å². The Hall–Kier alpha value is -2.32. The normalized spacial score (nSPS) is 24.4. The molecule has 146 valence electrons. The summed E-state index contributed by atoms with van der Waals surface area (Å²) >= 11 is 1.40. The van der Waals surface area contributed by atoms with Crippen molar-refractivity contribution in [3.63, 3.8) is 0 Å². The second-order valence-corrected chi connectivity index (χ2v) is 8.54. The standard InChI is InChI=1S/C20H21FN4O2S/c1-11-10-25(17-4-2-3-7-27-17)24-18(11)12-5-6-15-16(8-12)28-20(22-15)23-19(26)13-9-14(13)21/h5-6,8,10,13-14,17H,2-4,7,9H2,1H3,(H,22,23,26)/t13-,14+,17?/m1/s1. The number of carbonyl (C=O) groups is 1. The predicted octanol–water partition coefficient (Wildman–Crippen LogP) is 4.46. The van der Waals surface area contributed by atoms with Crippen LogP contribution in [0.3, 0.4) is 0 Å². The number of amides is 1. The predicted molar refractivity (Wildman–Crippen MR) is 106 cm³/mol. The highest BCUT2D eigenvalue weighted by Gasteiger charge is 2.43. The van der Waals surface area contributed by atoms with E-state index in [1.54, 1.807) is 0 Å². The molecule has 1 amide bonds. The van der Waals surface area contributed by atoms with Crippen LogP contribution in [0.4, 0.5) is 9.52 Å². The molecular formula is C20H21FN4O2S. The van der Waals surface area contributed by atoms with E-state index in [-0.39, 0.29) is 12.1 Å². The monoisotopic (exact) mass is 400 g/mol. The highest BCUT2D eigenvalue weighted by atomic mass is 32.1. The summed E-state index contributed by atoms with van der Waals surface area (Å²) in [5.74, 6) is -0.801. The lowest BCUT2D eigenvalue weighted by Gasteiger charge is -2.22. The third-order valence-corrected chi connectivity index (χ3v) is 6.24. The van der Waals surface area contributed by atoms with Crippen LogP contribution < -0.4 is 5.32 Å². The fraction of sp³-hybridized carbons (Fsp3) is 0.450.